The van der Waals surface area contributed by atoms with Crippen LogP contribution in [0.5, 0.6) is 0 Å². The Morgan fingerprint density at radius 2 is 2.12 bits per heavy atom. The van der Waals surface area contributed by atoms with Crippen molar-refractivity contribution in [3.8, 4) is 0 Å². The number of nitrogens with one attached hydrogen (secondary N) is 1. The minimum atomic E-state index is -0.339. The molecule has 4 nitrogen and oxygen atoms in total. The maximum atomic E-state index is 11.5. The minimum Gasteiger partial charge on any atom is -0.445 e. The van der Waals surface area contributed by atoms with Crippen LogP contribution >= 0.6 is 0 Å². The summed E-state index contributed by atoms with van der Waals surface area (Å²) in [6.45, 7) is 1.17. The summed E-state index contributed by atoms with van der Waals surface area (Å²) >= 11 is 0. The maximum absolute atomic E-state index is 11.5. The number of hydrogen-bond acceptors (Lipinski definition) is 3. The van der Waals surface area contributed by atoms with Crippen molar-refractivity contribution in [2.75, 3.05) is 6.61 Å². The zero-order valence-electron chi connectivity index (χ0n) is 9.52. The molecular weight excluding hydrogens is 218 g/mol. The molecule has 1 N–H and O–H groups in total. The molecule has 1 aliphatic carbocycles. The zero-order valence-corrected chi connectivity index (χ0v) is 9.52. The monoisotopic (exact) mass is 233 g/mol. The Balaban J connectivity index is 1.39. The van der Waals surface area contributed by atoms with Crippen LogP contribution in [0, 0.1) is 0 Å². The summed E-state index contributed by atoms with van der Waals surface area (Å²) in [6, 6.07) is 9.88. The Morgan fingerprint density at radius 1 is 1.41 bits per heavy atom. The van der Waals surface area contributed by atoms with Crippen molar-refractivity contribution in [2.24, 2.45) is 0 Å². The molecule has 3 rings (SSSR count). The fraction of sp³-hybridized carbons (Fsp3) is 0.462. The fourth-order valence-electron chi connectivity index (χ4n) is 2.21. The van der Waals surface area contributed by atoms with Gasteiger partial charge in [-0.1, -0.05) is 30.3 Å². The molecular formula is C13H15NO3. The van der Waals surface area contributed by atoms with E-state index in [1.165, 1.54) is 0 Å². The van der Waals surface area contributed by atoms with Gasteiger partial charge < -0.3 is 14.8 Å². The molecule has 2 aliphatic rings. The summed E-state index contributed by atoms with van der Waals surface area (Å²) in [5.74, 6) is 0. The SMILES string of the molecule is O=C(N[C@H]1C[C@@]2(CO2)C1)OCc1ccccc1. The first-order valence-electron chi connectivity index (χ1n) is 5.87. The fourth-order valence-corrected chi connectivity index (χ4v) is 2.21. The van der Waals surface area contributed by atoms with Gasteiger partial charge in [0.1, 0.15) is 6.61 Å². The van der Waals surface area contributed by atoms with E-state index in [2.05, 4.69) is 5.32 Å². The van der Waals surface area contributed by atoms with Gasteiger partial charge in [-0.25, -0.2) is 4.79 Å². The molecule has 1 aromatic rings. The van der Waals surface area contributed by atoms with E-state index in [-0.39, 0.29) is 17.7 Å². The Bertz CT molecular complexity index is 406. The Labute approximate surface area is 99.9 Å². The average molecular weight is 233 g/mol. The van der Waals surface area contributed by atoms with E-state index in [0.29, 0.717) is 6.61 Å². The molecule has 17 heavy (non-hydrogen) atoms. The van der Waals surface area contributed by atoms with E-state index in [1.807, 2.05) is 30.3 Å². The third-order valence-electron chi connectivity index (χ3n) is 3.32. The lowest BCUT2D eigenvalue weighted by Gasteiger charge is -2.32. The molecule has 1 heterocycles. The first-order chi connectivity index (χ1) is 8.26. The number of hydrogen-bond donors (Lipinski definition) is 1. The number of carbonyl (C=O) groups excluding carboxylic acids is 1. The summed E-state index contributed by atoms with van der Waals surface area (Å²) in [5.41, 5.74) is 1.12. The number of epoxide rings is 1. The van der Waals surface area contributed by atoms with Gasteiger partial charge in [0.15, 0.2) is 0 Å². The van der Waals surface area contributed by atoms with E-state index in [1.54, 1.807) is 0 Å². The number of rotatable bonds is 3. The van der Waals surface area contributed by atoms with E-state index < -0.39 is 0 Å². The van der Waals surface area contributed by atoms with Crippen LogP contribution in [0.25, 0.3) is 0 Å². The van der Waals surface area contributed by atoms with Crippen molar-refractivity contribution in [1.29, 1.82) is 0 Å². The summed E-state index contributed by atoms with van der Waals surface area (Å²) in [6.07, 6.45) is 1.51. The van der Waals surface area contributed by atoms with Crippen LogP contribution < -0.4 is 5.32 Å². The van der Waals surface area contributed by atoms with Crippen LogP contribution in [-0.4, -0.2) is 24.3 Å². The molecule has 0 aromatic heterocycles. The van der Waals surface area contributed by atoms with Crippen LogP contribution in [0.3, 0.4) is 0 Å². The van der Waals surface area contributed by atoms with E-state index in [4.69, 9.17) is 9.47 Å². The number of alkyl carbamates (subject to hydrolysis) is 1. The molecule has 90 valence electrons. The molecule has 0 radical (unpaired) electrons. The van der Waals surface area contributed by atoms with E-state index in [9.17, 15) is 4.79 Å². The quantitative estimate of drug-likeness (QED) is 0.810. The Kier molecular flexibility index (Phi) is 2.52. The third kappa shape index (κ3) is 2.42. The molecule has 1 saturated heterocycles. The second-order valence-corrected chi connectivity index (χ2v) is 4.78. The zero-order chi connectivity index (χ0) is 11.7. The number of ether oxygens (including phenoxy) is 2. The second-order valence-electron chi connectivity index (χ2n) is 4.78. The van der Waals surface area contributed by atoms with Crippen molar-refractivity contribution in [2.45, 2.75) is 31.1 Å². The molecule has 1 saturated carbocycles. The van der Waals surface area contributed by atoms with E-state index >= 15 is 0 Å². The normalized spacial score (nSPS) is 29.5. The Hall–Kier alpha value is -1.55. The molecule has 1 spiro atoms. The molecule has 1 amide bonds. The van der Waals surface area contributed by atoms with Crippen LogP contribution in [0.15, 0.2) is 30.3 Å². The minimum absolute atomic E-state index is 0.122. The lowest BCUT2D eigenvalue weighted by atomic mass is 9.80. The average Bonchev–Trinajstić information content (AvgIpc) is 3.08. The molecule has 1 aliphatic heterocycles. The number of benzene rings is 1. The van der Waals surface area contributed by atoms with Gasteiger partial charge in [0.2, 0.25) is 0 Å². The first kappa shape index (κ1) is 10.6. The van der Waals surface area contributed by atoms with Crippen molar-refractivity contribution < 1.29 is 14.3 Å². The highest BCUT2D eigenvalue weighted by molar-refractivity contribution is 5.67. The summed E-state index contributed by atoms with van der Waals surface area (Å²) in [5, 5.41) is 2.84. The van der Waals surface area contributed by atoms with Crippen LogP contribution in [-0.2, 0) is 16.1 Å². The summed E-state index contributed by atoms with van der Waals surface area (Å²) < 4.78 is 10.4. The van der Waals surface area contributed by atoms with Gasteiger partial charge in [-0.15, -0.1) is 0 Å². The molecule has 2 fully saturated rings. The van der Waals surface area contributed by atoms with Crippen molar-refractivity contribution >= 4 is 6.09 Å². The second kappa shape index (κ2) is 4.04. The predicted octanol–water partition coefficient (Wildman–Crippen LogP) is 1.84. The molecule has 0 bridgehead atoms. The topological polar surface area (TPSA) is 50.9 Å². The van der Waals surface area contributed by atoms with Gasteiger partial charge in [0.25, 0.3) is 0 Å². The largest absolute Gasteiger partial charge is 0.445 e. The van der Waals surface area contributed by atoms with Gasteiger partial charge in [-0.3, -0.25) is 0 Å². The highest BCUT2D eigenvalue weighted by Crippen LogP contribution is 2.46. The van der Waals surface area contributed by atoms with Crippen molar-refractivity contribution in [3.63, 3.8) is 0 Å². The lowest BCUT2D eigenvalue weighted by Crippen LogP contribution is -2.49. The molecule has 0 unspecified atom stereocenters. The summed E-state index contributed by atoms with van der Waals surface area (Å²) in [4.78, 5) is 11.5. The predicted molar refractivity (Wildman–Crippen MR) is 61.5 cm³/mol. The maximum Gasteiger partial charge on any atom is 0.407 e. The van der Waals surface area contributed by atoms with Gasteiger partial charge in [0, 0.05) is 6.04 Å². The Morgan fingerprint density at radius 3 is 2.76 bits per heavy atom. The van der Waals surface area contributed by atoms with Gasteiger partial charge >= 0.3 is 6.09 Å². The van der Waals surface area contributed by atoms with E-state index in [0.717, 1.165) is 25.0 Å². The summed E-state index contributed by atoms with van der Waals surface area (Å²) in [7, 11) is 0. The smallest absolute Gasteiger partial charge is 0.407 e. The van der Waals surface area contributed by atoms with Crippen molar-refractivity contribution in [1.82, 2.24) is 5.32 Å². The first-order valence-corrected chi connectivity index (χ1v) is 5.87. The molecule has 1 aromatic carbocycles. The van der Waals surface area contributed by atoms with Crippen LogP contribution in [0.1, 0.15) is 18.4 Å². The highest BCUT2D eigenvalue weighted by Gasteiger charge is 2.55. The standard InChI is InChI=1S/C13H15NO3/c15-12(14-11-6-13(7-11)9-17-13)16-8-10-4-2-1-3-5-10/h1-5,11H,6-9H2,(H,14,15)/t11-,13-. The molecule has 0 atom stereocenters. The molecule has 4 heteroatoms. The highest BCUT2D eigenvalue weighted by atomic mass is 16.6. The van der Waals surface area contributed by atoms with Gasteiger partial charge in [-0.05, 0) is 18.4 Å². The number of amides is 1. The van der Waals surface area contributed by atoms with Gasteiger partial charge in [-0.2, -0.15) is 0 Å². The third-order valence-corrected chi connectivity index (χ3v) is 3.32. The lowest BCUT2D eigenvalue weighted by molar-refractivity contribution is 0.109. The van der Waals surface area contributed by atoms with Crippen LogP contribution in [0.2, 0.25) is 0 Å². The van der Waals surface area contributed by atoms with Crippen LogP contribution in [0.4, 0.5) is 4.79 Å². The number of carbonyl (C=O) groups is 1. The van der Waals surface area contributed by atoms with Crippen molar-refractivity contribution in [3.05, 3.63) is 35.9 Å². The van der Waals surface area contributed by atoms with Gasteiger partial charge in [0.05, 0.1) is 12.2 Å².